The van der Waals surface area contributed by atoms with Crippen molar-refractivity contribution in [2.45, 2.75) is 6.54 Å². The lowest BCUT2D eigenvalue weighted by atomic mass is 10.2. The van der Waals surface area contributed by atoms with Gasteiger partial charge in [0.15, 0.2) is 0 Å². The molecular formula is C17H14ClN3O2. The lowest BCUT2D eigenvalue weighted by Crippen LogP contribution is -2.43. The van der Waals surface area contributed by atoms with E-state index >= 15 is 0 Å². The van der Waals surface area contributed by atoms with E-state index < -0.39 is 5.91 Å². The second kappa shape index (κ2) is 6.54. The van der Waals surface area contributed by atoms with Gasteiger partial charge in [0, 0.05) is 11.7 Å². The lowest BCUT2D eigenvalue weighted by Gasteiger charge is -2.09. The van der Waals surface area contributed by atoms with Gasteiger partial charge < -0.3 is 4.57 Å². The highest BCUT2D eigenvalue weighted by Gasteiger charge is 2.11. The Kier molecular flexibility index (Phi) is 4.30. The largest absolute Gasteiger partial charge is 0.338 e. The molecule has 23 heavy (non-hydrogen) atoms. The van der Waals surface area contributed by atoms with Crippen LogP contribution in [-0.4, -0.2) is 16.4 Å². The van der Waals surface area contributed by atoms with E-state index in [1.54, 1.807) is 24.3 Å². The summed E-state index contributed by atoms with van der Waals surface area (Å²) in [5.41, 5.74) is 6.02. The summed E-state index contributed by atoms with van der Waals surface area (Å²) in [7, 11) is 0. The topological polar surface area (TPSA) is 63.1 Å². The van der Waals surface area contributed by atoms with Crippen molar-refractivity contribution in [1.29, 1.82) is 0 Å². The van der Waals surface area contributed by atoms with Crippen molar-refractivity contribution < 1.29 is 9.59 Å². The van der Waals surface area contributed by atoms with E-state index in [4.69, 9.17) is 11.6 Å². The molecule has 0 spiro atoms. The van der Waals surface area contributed by atoms with E-state index in [0.29, 0.717) is 10.6 Å². The van der Waals surface area contributed by atoms with Gasteiger partial charge in [-0.05, 0) is 29.7 Å². The normalized spacial score (nSPS) is 10.5. The first-order valence-corrected chi connectivity index (χ1v) is 7.40. The lowest BCUT2D eigenvalue weighted by molar-refractivity contribution is -0.122. The fraction of sp³-hybridized carbons (Fsp3) is 0.0588. The van der Waals surface area contributed by atoms with Crippen LogP contribution in [0.2, 0.25) is 5.02 Å². The van der Waals surface area contributed by atoms with Crippen molar-refractivity contribution in [3.8, 4) is 0 Å². The number of halogens is 1. The highest BCUT2D eigenvalue weighted by Crippen LogP contribution is 2.15. The van der Waals surface area contributed by atoms with E-state index in [2.05, 4.69) is 10.9 Å². The first-order valence-electron chi connectivity index (χ1n) is 7.03. The number of rotatable bonds is 3. The molecule has 3 rings (SSSR count). The molecule has 0 aliphatic rings. The van der Waals surface area contributed by atoms with Gasteiger partial charge in [-0.25, -0.2) is 0 Å². The molecule has 0 unspecified atom stereocenters. The molecule has 3 aromatic rings. The quantitative estimate of drug-likeness (QED) is 0.727. The summed E-state index contributed by atoms with van der Waals surface area (Å²) in [5.74, 6) is -0.784. The summed E-state index contributed by atoms with van der Waals surface area (Å²) in [6.45, 7) is 0.107. The monoisotopic (exact) mass is 327 g/mol. The molecule has 0 atom stereocenters. The zero-order chi connectivity index (χ0) is 16.2. The van der Waals surface area contributed by atoms with Gasteiger partial charge in [-0.15, -0.1) is 0 Å². The predicted molar refractivity (Wildman–Crippen MR) is 89.0 cm³/mol. The van der Waals surface area contributed by atoms with E-state index in [-0.39, 0.29) is 12.5 Å². The van der Waals surface area contributed by atoms with Crippen LogP contribution < -0.4 is 10.9 Å². The highest BCUT2D eigenvalue weighted by molar-refractivity contribution is 6.33. The number of aromatic nitrogens is 1. The average molecular weight is 328 g/mol. The maximum atomic E-state index is 12.0. The second-order valence-electron chi connectivity index (χ2n) is 4.98. The Morgan fingerprint density at radius 1 is 0.957 bits per heavy atom. The van der Waals surface area contributed by atoms with Crippen LogP contribution in [0.4, 0.5) is 0 Å². The minimum Gasteiger partial charge on any atom is -0.338 e. The standard InChI is InChI=1S/C17H14ClN3O2/c18-14-7-3-2-6-13(14)17(23)20-19-16(22)11-21-10-9-12-5-1-4-8-15(12)21/h1-10H,11H2,(H,19,22)(H,20,23). The Balaban J connectivity index is 1.62. The number of carbonyl (C=O) groups excluding carboxylic acids is 2. The van der Waals surface area contributed by atoms with Crippen LogP contribution in [0.1, 0.15) is 10.4 Å². The molecule has 2 amide bonds. The molecule has 116 valence electrons. The summed E-state index contributed by atoms with van der Waals surface area (Å²) in [6.07, 6.45) is 1.83. The number of benzene rings is 2. The molecule has 0 aliphatic heterocycles. The Morgan fingerprint density at radius 2 is 1.70 bits per heavy atom. The molecule has 0 saturated heterocycles. The summed E-state index contributed by atoms with van der Waals surface area (Å²) in [6, 6.07) is 16.3. The number of carbonyl (C=O) groups is 2. The van der Waals surface area contributed by atoms with Crippen molar-refractivity contribution in [3.63, 3.8) is 0 Å². The summed E-state index contributed by atoms with van der Waals surface area (Å²) >= 11 is 5.94. The number of fused-ring (bicyclic) bond motifs is 1. The fourth-order valence-corrected chi connectivity index (χ4v) is 2.53. The van der Waals surface area contributed by atoms with Crippen molar-refractivity contribution in [1.82, 2.24) is 15.4 Å². The molecular weight excluding hydrogens is 314 g/mol. The van der Waals surface area contributed by atoms with Gasteiger partial charge >= 0.3 is 0 Å². The van der Waals surface area contributed by atoms with Crippen LogP contribution in [0, 0.1) is 0 Å². The van der Waals surface area contributed by atoms with E-state index in [9.17, 15) is 9.59 Å². The molecule has 5 nitrogen and oxygen atoms in total. The number of hydrogen-bond acceptors (Lipinski definition) is 2. The van der Waals surface area contributed by atoms with Gasteiger partial charge in [0.2, 0.25) is 0 Å². The van der Waals surface area contributed by atoms with Gasteiger partial charge in [0.1, 0.15) is 6.54 Å². The molecule has 0 radical (unpaired) electrons. The molecule has 0 saturated carbocycles. The summed E-state index contributed by atoms with van der Waals surface area (Å²) < 4.78 is 1.81. The number of hydrazine groups is 1. The fourth-order valence-electron chi connectivity index (χ4n) is 2.31. The maximum Gasteiger partial charge on any atom is 0.271 e. The average Bonchev–Trinajstić information content (AvgIpc) is 2.96. The Bertz CT molecular complexity index is 873. The van der Waals surface area contributed by atoms with Crippen LogP contribution in [-0.2, 0) is 11.3 Å². The minimum absolute atomic E-state index is 0.107. The summed E-state index contributed by atoms with van der Waals surface area (Å²) in [5, 5.41) is 1.39. The van der Waals surface area contributed by atoms with E-state index in [1.807, 2.05) is 41.1 Å². The molecule has 2 N–H and O–H groups in total. The Hall–Kier alpha value is -2.79. The highest BCUT2D eigenvalue weighted by atomic mass is 35.5. The zero-order valence-electron chi connectivity index (χ0n) is 12.1. The van der Waals surface area contributed by atoms with Crippen LogP contribution in [0.5, 0.6) is 0 Å². The van der Waals surface area contributed by atoms with Gasteiger partial charge in [-0.3, -0.25) is 20.4 Å². The van der Waals surface area contributed by atoms with Crippen molar-refractivity contribution in [2.75, 3.05) is 0 Å². The molecule has 2 aromatic carbocycles. The number of nitrogens with one attached hydrogen (secondary N) is 2. The van der Waals surface area contributed by atoms with Gasteiger partial charge in [-0.2, -0.15) is 0 Å². The molecule has 6 heteroatoms. The van der Waals surface area contributed by atoms with Gasteiger partial charge in [0.25, 0.3) is 11.8 Å². The molecule has 1 aromatic heterocycles. The van der Waals surface area contributed by atoms with Gasteiger partial charge in [0.05, 0.1) is 10.6 Å². The van der Waals surface area contributed by atoms with Crippen molar-refractivity contribution in [3.05, 3.63) is 71.4 Å². The van der Waals surface area contributed by atoms with E-state index in [0.717, 1.165) is 10.9 Å². The third kappa shape index (κ3) is 3.35. The smallest absolute Gasteiger partial charge is 0.271 e. The number of para-hydroxylation sites is 1. The Labute approximate surface area is 137 Å². The molecule has 1 heterocycles. The Morgan fingerprint density at radius 3 is 2.52 bits per heavy atom. The number of hydrogen-bond donors (Lipinski definition) is 2. The SMILES string of the molecule is O=C(Cn1ccc2ccccc21)NNC(=O)c1ccccc1Cl. The van der Waals surface area contributed by atoms with Crippen LogP contribution in [0.15, 0.2) is 60.8 Å². The van der Waals surface area contributed by atoms with Crippen LogP contribution in [0.3, 0.4) is 0 Å². The van der Waals surface area contributed by atoms with Gasteiger partial charge in [-0.1, -0.05) is 41.9 Å². The third-order valence-electron chi connectivity index (χ3n) is 3.43. The maximum absolute atomic E-state index is 12.0. The molecule has 0 bridgehead atoms. The van der Waals surface area contributed by atoms with Crippen molar-refractivity contribution in [2.24, 2.45) is 0 Å². The number of amides is 2. The van der Waals surface area contributed by atoms with Crippen LogP contribution in [0.25, 0.3) is 10.9 Å². The molecule has 0 fully saturated rings. The van der Waals surface area contributed by atoms with Crippen LogP contribution >= 0.6 is 11.6 Å². The van der Waals surface area contributed by atoms with Crippen molar-refractivity contribution >= 4 is 34.3 Å². The third-order valence-corrected chi connectivity index (χ3v) is 3.76. The first kappa shape index (κ1) is 15.1. The first-order chi connectivity index (χ1) is 11.1. The summed E-state index contributed by atoms with van der Waals surface area (Å²) in [4.78, 5) is 24.0. The second-order valence-corrected chi connectivity index (χ2v) is 5.39. The zero-order valence-corrected chi connectivity index (χ0v) is 12.9. The molecule has 0 aliphatic carbocycles. The minimum atomic E-state index is -0.457. The number of nitrogens with zero attached hydrogens (tertiary/aromatic N) is 1. The van der Waals surface area contributed by atoms with E-state index in [1.165, 1.54) is 0 Å². The predicted octanol–water partition coefficient (Wildman–Crippen LogP) is 2.76.